The van der Waals surface area contributed by atoms with Crippen molar-refractivity contribution in [2.24, 2.45) is 0 Å². The smallest absolute Gasteiger partial charge is 0.105 e. The molecule has 3 atom stereocenters. The first-order valence-electron chi connectivity index (χ1n) is 6.14. The van der Waals surface area contributed by atoms with Gasteiger partial charge in [-0.25, -0.2) is 0 Å². The van der Waals surface area contributed by atoms with E-state index in [2.05, 4.69) is 19.2 Å². The van der Waals surface area contributed by atoms with Gasteiger partial charge in [0.15, 0.2) is 0 Å². The first-order chi connectivity index (χ1) is 7.74. The largest absolute Gasteiger partial charge is 0.469 e. The Morgan fingerprint density at radius 3 is 3.12 bits per heavy atom. The van der Waals surface area contributed by atoms with E-state index < -0.39 is 0 Å². The van der Waals surface area contributed by atoms with E-state index in [1.807, 2.05) is 12.1 Å². The van der Waals surface area contributed by atoms with Crippen molar-refractivity contribution in [1.82, 2.24) is 5.32 Å². The number of nitrogens with one attached hydrogen (secondary N) is 1. The topological polar surface area (TPSA) is 34.4 Å². The number of furan rings is 1. The summed E-state index contributed by atoms with van der Waals surface area (Å²) in [6.45, 7) is 5.24. The van der Waals surface area contributed by atoms with E-state index in [4.69, 9.17) is 9.15 Å². The lowest BCUT2D eigenvalue weighted by molar-refractivity contribution is 0.0116. The van der Waals surface area contributed by atoms with Crippen molar-refractivity contribution in [3.05, 3.63) is 24.2 Å². The summed E-state index contributed by atoms with van der Waals surface area (Å²) >= 11 is 0. The number of hydrogen-bond acceptors (Lipinski definition) is 3. The average Bonchev–Trinajstić information content (AvgIpc) is 2.70. The molecule has 1 aromatic heterocycles. The van der Waals surface area contributed by atoms with Gasteiger partial charge in [0, 0.05) is 25.1 Å². The predicted molar refractivity (Wildman–Crippen MR) is 63.4 cm³/mol. The summed E-state index contributed by atoms with van der Waals surface area (Å²) in [5, 5.41) is 3.65. The molecular weight excluding hydrogens is 202 g/mol. The highest BCUT2D eigenvalue weighted by Crippen LogP contribution is 2.14. The van der Waals surface area contributed by atoms with Crippen LogP contribution in [0.1, 0.15) is 32.4 Å². The van der Waals surface area contributed by atoms with Crippen molar-refractivity contribution in [3.63, 3.8) is 0 Å². The molecule has 1 fully saturated rings. The van der Waals surface area contributed by atoms with Gasteiger partial charge in [0.2, 0.25) is 0 Å². The molecule has 3 nitrogen and oxygen atoms in total. The zero-order chi connectivity index (χ0) is 11.4. The van der Waals surface area contributed by atoms with E-state index in [0.717, 1.165) is 31.6 Å². The molecule has 0 bridgehead atoms. The van der Waals surface area contributed by atoms with Crippen LogP contribution in [0.15, 0.2) is 22.8 Å². The fraction of sp³-hybridized carbons (Fsp3) is 0.692. The van der Waals surface area contributed by atoms with Gasteiger partial charge in [-0.3, -0.25) is 0 Å². The van der Waals surface area contributed by atoms with Gasteiger partial charge in [-0.15, -0.1) is 0 Å². The van der Waals surface area contributed by atoms with Crippen LogP contribution < -0.4 is 5.32 Å². The van der Waals surface area contributed by atoms with Gasteiger partial charge in [-0.05, 0) is 38.8 Å². The molecule has 90 valence electrons. The van der Waals surface area contributed by atoms with Crippen LogP contribution >= 0.6 is 0 Å². The summed E-state index contributed by atoms with van der Waals surface area (Å²) in [5.74, 6) is 1.06. The summed E-state index contributed by atoms with van der Waals surface area (Å²) < 4.78 is 10.9. The van der Waals surface area contributed by atoms with Crippen LogP contribution in [0.25, 0.3) is 0 Å². The van der Waals surface area contributed by atoms with Crippen LogP contribution in [-0.4, -0.2) is 24.8 Å². The fourth-order valence-electron chi connectivity index (χ4n) is 2.34. The summed E-state index contributed by atoms with van der Waals surface area (Å²) in [6.07, 6.45) is 5.31. The van der Waals surface area contributed by atoms with E-state index in [9.17, 15) is 0 Å². The minimum absolute atomic E-state index is 0.391. The normalized spacial score (nSPS) is 27.9. The molecule has 0 amide bonds. The Balaban J connectivity index is 1.76. The molecule has 2 rings (SSSR count). The molecule has 0 aromatic carbocycles. The van der Waals surface area contributed by atoms with Crippen molar-refractivity contribution in [2.45, 2.75) is 51.3 Å². The molecule has 3 unspecified atom stereocenters. The molecule has 0 radical (unpaired) electrons. The minimum atomic E-state index is 0.391. The maximum atomic E-state index is 5.54. The third-order valence-electron chi connectivity index (χ3n) is 3.09. The van der Waals surface area contributed by atoms with Gasteiger partial charge in [0.05, 0.1) is 12.4 Å². The predicted octanol–water partition coefficient (Wildman–Crippen LogP) is 2.37. The summed E-state index contributed by atoms with van der Waals surface area (Å²) in [6, 6.07) is 5.03. The summed E-state index contributed by atoms with van der Waals surface area (Å²) in [5.41, 5.74) is 0. The number of ether oxygens (including phenoxy) is 1. The molecule has 1 aliphatic rings. The zero-order valence-electron chi connectivity index (χ0n) is 10.1. The maximum Gasteiger partial charge on any atom is 0.105 e. The van der Waals surface area contributed by atoms with E-state index in [0.29, 0.717) is 18.2 Å². The first kappa shape index (κ1) is 11.7. The van der Waals surface area contributed by atoms with E-state index >= 15 is 0 Å². The van der Waals surface area contributed by atoms with Crippen molar-refractivity contribution >= 4 is 0 Å². The SMILES string of the molecule is CC(Cc1ccco1)NC1CCOC(C)C1. The Bertz CT molecular complexity index is 297. The van der Waals surface area contributed by atoms with E-state index in [-0.39, 0.29) is 0 Å². The summed E-state index contributed by atoms with van der Waals surface area (Å²) in [4.78, 5) is 0. The Kier molecular flexibility index (Phi) is 4.02. The second-order valence-corrected chi connectivity index (χ2v) is 4.75. The first-order valence-corrected chi connectivity index (χ1v) is 6.14. The van der Waals surface area contributed by atoms with Crippen LogP contribution in [0.3, 0.4) is 0 Å². The van der Waals surface area contributed by atoms with E-state index in [1.165, 1.54) is 0 Å². The summed E-state index contributed by atoms with van der Waals surface area (Å²) in [7, 11) is 0. The average molecular weight is 223 g/mol. The molecule has 1 saturated heterocycles. The standard InChI is InChI=1S/C13H21NO2/c1-10(8-13-4-3-6-16-13)14-12-5-7-15-11(2)9-12/h3-4,6,10-12,14H,5,7-9H2,1-2H3. The second-order valence-electron chi connectivity index (χ2n) is 4.75. The van der Waals surface area contributed by atoms with Gasteiger partial charge >= 0.3 is 0 Å². The lowest BCUT2D eigenvalue weighted by Gasteiger charge is -2.30. The van der Waals surface area contributed by atoms with Crippen LogP contribution in [0, 0.1) is 0 Å². The molecule has 1 N–H and O–H groups in total. The monoisotopic (exact) mass is 223 g/mol. The lowest BCUT2D eigenvalue weighted by atomic mass is 10.0. The van der Waals surface area contributed by atoms with Gasteiger partial charge in [-0.2, -0.15) is 0 Å². The van der Waals surface area contributed by atoms with Gasteiger partial charge in [0.25, 0.3) is 0 Å². The lowest BCUT2D eigenvalue weighted by Crippen LogP contribution is -2.43. The highest BCUT2D eigenvalue weighted by molar-refractivity contribution is 5.00. The van der Waals surface area contributed by atoms with Crippen molar-refractivity contribution in [1.29, 1.82) is 0 Å². The van der Waals surface area contributed by atoms with Crippen LogP contribution in [0.2, 0.25) is 0 Å². The molecule has 2 heterocycles. The van der Waals surface area contributed by atoms with Crippen LogP contribution in [0.5, 0.6) is 0 Å². The molecule has 16 heavy (non-hydrogen) atoms. The Morgan fingerprint density at radius 1 is 1.56 bits per heavy atom. The maximum absolute atomic E-state index is 5.54. The second kappa shape index (κ2) is 5.51. The van der Waals surface area contributed by atoms with Gasteiger partial charge < -0.3 is 14.5 Å². The van der Waals surface area contributed by atoms with Crippen molar-refractivity contribution in [2.75, 3.05) is 6.61 Å². The molecule has 0 saturated carbocycles. The Labute approximate surface area is 97.2 Å². The molecular formula is C13H21NO2. The van der Waals surface area contributed by atoms with Gasteiger partial charge in [-0.1, -0.05) is 0 Å². The third kappa shape index (κ3) is 3.35. The molecule has 0 aliphatic carbocycles. The Morgan fingerprint density at radius 2 is 2.44 bits per heavy atom. The number of rotatable bonds is 4. The molecule has 3 heteroatoms. The highest BCUT2D eigenvalue weighted by atomic mass is 16.5. The molecule has 0 spiro atoms. The van der Waals surface area contributed by atoms with E-state index in [1.54, 1.807) is 6.26 Å². The Hall–Kier alpha value is -0.800. The highest BCUT2D eigenvalue weighted by Gasteiger charge is 2.20. The van der Waals surface area contributed by atoms with Crippen LogP contribution in [0.4, 0.5) is 0 Å². The quantitative estimate of drug-likeness (QED) is 0.851. The molecule has 1 aromatic rings. The molecule has 1 aliphatic heterocycles. The van der Waals surface area contributed by atoms with Crippen molar-refractivity contribution < 1.29 is 9.15 Å². The van der Waals surface area contributed by atoms with Gasteiger partial charge in [0.1, 0.15) is 5.76 Å². The zero-order valence-corrected chi connectivity index (χ0v) is 10.1. The number of hydrogen-bond donors (Lipinski definition) is 1. The van der Waals surface area contributed by atoms with Crippen LogP contribution in [-0.2, 0) is 11.2 Å². The minimum Gasteiger partial charge on any atom is -0.469 e. The van der Waals surface area contributed by atoms with Crippen molar-refractivity contribution in [3.8, 4) is 0 Å². The fourth-order valence-corrected chi connectivity index (χ4v) is 2.34. The third-order valence-corrected chi connectivity index (χ3v) is 3.09.